The van der Waals surface area contributed by atoms with Crippen molar-refractivity contribution in [1.29, 1.82) is 0 Å². The predicted octanol–water partition coefficient (Wildman–Crippen LogP) is 3.21. The number of phenolic OH excluding ortho intramolecular Hbond substituents is 1. The summed E-state index contributed by atoms with van der Waals surface area (Å²) in [5.41, 5.74) is 0. The molecule has 1 N–H and O–H groups in total. The van der Waals surface area contributed by atoms with Crippen molar-refractivity contribution in [2.75, 3.05) is 0 Å². The van der Waals surface area contributed by atoms with Crippen LogP contribution >= 0.6 is 11.6 Å². The summed E-state index contributed by atoms with van der Waals surface area (Å²) in [7, 11) is -1.26. The van der Waals surface area contributed by atoms with Crippen LogP contribution < -0.4 is 0 Å². The van der Waals surface area contributed by atoms with Gasteiger partial charge in [0, 0.05) is 9.79 Å². The van der Waals surface area contributed by atoms with Gasteiger partial charge in [-0.1, -0.05) is 29.8 Å². The van der Waals surface area contributed by atoms with Gasteiger partial charge < -0.3 is 5.11 Å². The van der Waals surface area contributed by atoms with E-state index in [2.05, 4.69) is 0 Å². The number of hydrogen-bond donors (Lipinski definition) is 1. The molecular weight excluding hydrogens is 244 g/mol. The van der Waals surface area contributed by atoms with E-state index in [1.807, 2.05) is 18.2 Å². The molecule has 2 aromatic rings. The van der Waals surface area contributed by atoms with Crippen LogP contribution in [-0.4, -0.2) is 9.32 Å². The van der Waals surface area contributed by atoms with Gasteiger partial charge in [-0.2, -0.15) is 0 Å². The first-order chi connectivity index (χ1) is 7.68. The van der Waals surface area contributed by atoms with Crippen molar-refractivity contribution >= 4 is 22.4 Å². The molecule has 2 nitrogen and oxygen atoms in total. The van der Waals surface area contributed by atoms with Crippen LogP contribution in [0.4, 0.5) is 0 Å². The van der Waals surface area contributed by atoms with Crippen molar-refractivity contribution in [3.05, 3.63) is 53.6 Å². The Bertz CT molecular complexity index is 526. The molecule has 0 aliphatic heterocycles. The van der Waals surface area contributed by atoms with Crippen LogP contribution in [0.25, 0.3) is 0 Å². The second-order valence-electron chi connectivity index (χ2n) is 3.19. The number of benzene rings is 2. The van der Waals surface area contributed by atoms with E-state index in [1.54, 1.807) is 18.2 Å². The normalized spacial score (nSPS) is 12.3. The highest BCUT2D eigenvalue weighted by Gasteiger charge is 2.08. The minimum absolute atomic E-state index is 0.00419. The summed E-state index contributed by atoms with van der Waals surface area (Å²) in [6.07, 6.45) is 0. The number of phenols is 1. The predicted molar refractivity (Wildman–Crippen MR) is 64.2 cm³/mol. The molecule has 1 unspecified atom stereocenters. The first-order valence-electron chi connectivity index (χ1n) is 4.64. The third-order valence-corrected chi connectivity index (χ3v) is 3.78. The van der Waals surface area contributed by atoms with E-state index < -0.39 is 10.8 Å². The largest absolute Gasteiger partial charge is 0.506 e. The van der Waals surface area contributed by atoms with E-state index in [9.17, 15) is 9.32 Å². The van der Waals surface area contributed by atoms with Crippen LogP contribution in [0.1, 0.15) is 0 Å². The molecule has 0 heterocycles. The lowest BCUT2D eigenvalue weighted by molar-refractivity contribution is 0.475. The fourth-order valence-corrected chi connectivity index (χ4v) is 2.62. The fourth-order valence-electron chi connectivity index (χ4n) is 1.28. The van der Waals surface area contributed by atoms with Gasteiger partial charge >= 0.3 is 0 Å². The van der Waals surface area contributed by atoms with Gasteiger partial charge in [0.15, 0.2) is 0 Å². The molecule has 0 aromatic heterocycles. The molecule has 4 heteroatoms. The Hall–Kier alpha value is -1.32. The smallest absolute Gasteiger partial charge is 0.134 e. The number of halogens is 1. The topological polar surface area (TPSA) is 37.3 Å². The summed E-state index contributed by atoms with van der Waals surface area (Å²) in [4.78, 5) is 1.29. The second-order valence-corrected chi connectivity index (χ2v) is 5.08. The Kier molecular flexibility index (Phi) is 3.27. The molecule has 0 bridgehead atoms. The first-order valence-corrected chi connectivity index (χ1v) is 6.16. The Morgan fingerprint density at radius 1 is 1.00 bits per heavy atom. The second kappa shape index (κ2) is 4.68. The molecule has 0 fully saturated rings. The highest BCUT2D eigenvalue weighted by molar-refractivity contribution is 7.85. The third kappa shape index (κ3) is 2.26. The molecular formula is C12H9ClO2S. The van der Waals surface area contributed by atoms with Crippen LogP contribution in [0.2, 0.25) is 5.02 Å². The molecule has 0 radical (unpaired) electrons. The van der Waals surface area contributed by atoms with Crippen LogP contribution in [0.5, 0.6) is 5.75 Å². The van der Waals surface area contributed by atoms with Gasteiger partial charge in [0.1, 0.15) is 5.75 Å². The molecule has 1 atom stereocenters. The lowest BCUT2D eigenvalue weighted by Crippen LogP contribution is -1.92. The monoisotopic (exact) mass is 252 g/mol. The van der Waals surface area contributed by atoms with Crippen molar-refractivity contribution in [3.8, 4) is 5.75 Å². The number of aromatic hydroxyl groups is 1. The Labute approximate surface area is 101 Å². The summed E-state index contributed by atoms with van der Waals surface area (Å²) >= 11 is 5.76. The molecule has 2 rings (SSSR count). The van der Waals surface area contributed by atoms with Crippen LogP contribution in [0.15, 0.2) is 58.3 Å². The molecule has 0 aliphatic rings. The molecule has 16 heavy (non-hydrogen) atoms. The minimum Gasteiger partial charge on any atom is -0.506 e. The number of rotatable bonds is 2. The van der Waals surface area contributed by atoms with E-state index in [1.165, 1.54) is 12.1 Å². The van der Waals surface area contributed by atoms with E-state index in [4.69, 9.17) is 11.6 Å². The van der Waals surface area contributed by atoms with Gasteiger partial charge in [-0.15, -0.1) is 0 Å². The van der Waals surface area contributed by atoms with Crippen molar-refractivity contribution in [2.24, 2.45) is 0 Å². The van der Waals surface area contributed by atoms with Gasteiger partial charge in [0.2, 0.25) is 0 Å². The van der Waals surface area contributed by atoms with Crippen molar-refractivity contribution in [1.82, 2.24) is 0 Å². The summed E-state index contributed by atoms with van der Waals surface area (Å²) < 4.78 is 12.1. The molecule has 82 valence electrons. The third-order valence-electron chi connectivity index (χ3n) is 2.09. The van der Waals surface area contributed by atoms with Crippen LogP contribution in [0, 0.1) is 0 Å². The highest BCUT2D eigenvalue weighted by atomic mass is 35.5. The summed E-state index contributed by atoms with van der Waals surface area (Å²) in [6, 6.07) is 13.7. The van der Waals surface area contributed by atoms with Crippen molar-refractivity contribution in [2.45, 2.75) is 9.79 Å². The van der Waals surface area contributed by atoms with E-state index in [0.29, 0.717) is 9.79 Å². The average Bonchev–Trinajstić information content (AvgIpc) is 2.33. The molecule has 0 amide bonds. The minimum atomic E-state index is -1.26. The quantitative estimate of drug-likeness (QED) is 0.891. The van der Waals surface area contributed by atoms with E-state index in [0.717, 1.165) is 0 Å². The van der Waals surface area contributed by atoms with Gasteiger partial charge in [-0.3, -0.25) is 0 Å². The maximum Gasteiger partial charge on any atom is 0.134 e. The zero-order chi connectivity index (χ0) is 11.5. The zero-order valence-corrected chi connectivity index (χ0v) is 9.83. The summed E-state index contributed by atoms with van der Waals surface area (Å²) in [6.45, 7) is 0. The lowest BCUT2D eigenvalue weighted by Gasteiger charge is -2.03. The highest BCUT2D eigenvalue weighted by Crippen LogP contribution is 2.26. The summed E-state index contributed by atoms with van der Waals surface area (Å²) in [5, 5.41) is 9.48. The van der Waals surface area contributed by atoms with Crippen LogP contribution in [0.3, 0.4) is 0 Å². The maximum absolute atomic E-state index is 12.1. The van der Waals surface area contributed by atoms with E-state index in [-0.39, 0.29) is 10.8 Å². The standard InChI is InChI=1S/C12H9ClO2S/c13-11-8-10(6-7-12(11)14)16(15)9-4-2-1-3-5-9/h1-8,14H. The van der Waals surface area contributed by atoms with Gasteiger partial charge in [0.05, 0.1) is 15.8 Å². The SMILES string of the molecule is O=S(c1ccccc1)c1ccc(O)c(Cl)c1. The Morgan fingerprint density at radius 3 is 2.31 bits per heavy atom. The average molecular weight is 253 g/mol. The molecule has 0 spiro atoms. The Morgan fingerprint density at radius 2 is 1.69 bits per heavy atom. The zero-order valence-electron chi connectivity index (χ0n) is 8.26. The number of hydrogen-bond acceptors (Lipinski definition) is 2. The van der Waals surface area contributed by atoms with Gasteiger partial charge in [-0.25, -0.2) is 4.21 Å². The molecule has 2 aromatic carbocycles. The van der Waals surface area contributed by atoms with Crippen molar-refractivity contribution in [3.63, 3.8) is 0 Å². The Balaban J connectivity index is 2.39. The maximum atomic E-state index is 12.1. The fraction of sp³-hybridized carbons (Fsp3) is 0. The first kappa shape index (κ1) is 11.2. The molecule has 0 saturated heterocycles. The molecule has 0 aliphatic carbocycles. The van der Waals surface area contributed by atoms with Gasteiger partial charge in [0.25, 0.3) is 0 Å². The van der Waals surface area contributed by atoms with Crippen LogP contribution in [-0.2, 0) is 10.8 Å². The summed E-state index contributed by atoms with van der Waals surface area (Å²) in [5.74, 6) is -0.00419. The molecule has 0 saturated carbocycles. The van der Waals surface area contributed by atoms with Crippen molar-refractivity contribution < 1.29 is 9.32 Å². The lowest BCUT2D eigenvalue weighted by atomic mass is 10.3. The van der Waals surface area contributed by atoms with Gasteiger partial charge in [-0.05, 0) is 30.3 Å². The van der Waals surface area contributed by atoms with E-state index >= 15 is 0 Å².